The highest BCUT2D eigenvalue weighted by Crippen LogP contribution is 2.36. The van der Waals surface area contributed by atoms with Crippen LogP contribution in [0.1, 0.15) is 22.8 Å². The molecule has 0 bridgehead atoms. The lowest BCUT2D eigenvalue weighted by atomic mass is 10.1. The van der Waals surface area contributed by atoms with E-state index in [2.05, 4.69) is 10.6 Å². The summed E-state index contributed by atoms with van der Waals surface area (Å²) in [6, 6.07) is 6.59. The standard InChI is InChI=1S/C17H13ClF3N3O4/c1-9(22-16(26)10-3-2-4-12(7-10)24(27)28)15(25)23-11-5-6-14(18)13(8-11)17(19,20)21/h2-9H,1H3,(H,22,26)(H,23,25). The lowest BCUT2D eigenvalue weighted by molar-refractivity contribution is -0.384. The van der Waals surface area contributed by atoms with E-state index < -0.39 is 39.5 Å². The Morgan fingerprint density at radius 2 is 1.86 bits per heavy atom. The number of halogens is 4. The largest absolute Gasteiger partial charge is 0.417 e. The van der Waals surface area contributed by atoms with Gasteiger partial charge in [-0.25, -0.2) is 0 Å². The van der Waals surface area contributed by atoms with Crippen molar-refractivity contribution in [3.05, 3.63) is 68.7 Å². The molecule has 7 nitrogen and oxygen atoms in total. The first kappa shape index (κ1) is 21.2. The van der Waals surface area contributed by atoms with Crippen LogP contribution >= 0.6 is 11.6 Å². The van der Waals surface area contributed by atoms with E-state index in [1.54, 1.807) is 0 Å². The molecule has 0 aliphatic heterocycles. The van der Waals surface area contributed by atoms with Crippen molar-refractivity contribution in [1.82, 2.24) is 5.32 Å². The molecule has 2 rings (SSSR count). The molecule has 0 saturated heterocycles. The van der Waals surface area contributed by atoms with Gasteiger partial charge in [0.1, 0.15) is 6.04 Å². The van der Waals surface area contributed by atoms with Crippen LogP contribution in [0.25, 0.3) is 0 Å². The zero-order valence-corrected chi connectivity index (χ0v) is 15.0. The summed E-state index contributed by atoms with van der Waals surface area (Å²) in [6.45, 7) is 1.31. The highest BCUT2D eigenvalue weighted by atomic mass is 35.5. The van der Waals surface area contributed by atoms with E-state index in [0.29, 0.717) is 6.07 Å². The lowest BCUT2D eigenvalue weighted by Crippen LogP contribution is -2.41. The summed E-state index contributed by atoms with van der Waals surface area (Å²) < 4.78 is 38.6. The summed E-state index contributed by atoms with van der Waals surface area (Å²) in [5.74, 6) is -1.53. The first-order chi connectivity index (χ1) is 13.0. The fraction of sp³-hybridized carbons (Fsp3) is 0.176. The second-order valence-electron chi connectivity index (χ2n) is 5.68. The monoisotopic (exact) mass is 415 g/mol. The minimum absolute atomic E-state index is 0.0419. The zero-order valence-electron chi connectivity index (χ0n) is 14.2. The second kappa shape index (κ2) is 8.26. The molecule has 28 heavy (non-hydrogen) atoms. The van der Waals surface area contributed by atoms with Gasteiger partial charge in [-0.3, -0.25) is 19.7 Å². The number of nitro groups is 1. The van der Waals surface area contributed by atoms with Crippen LogP contribution in [-0.2, 0) is 11.0 Å². The van der Waals surface area contributed by atoms with Gasteiger partial charge in [0.05, 0.1) is 15.5 Å². The summed E-state index contributed by atoms with van der Waals surface area (Å²) in [5.41, 5.74) is -1.61. The number of amides is 2. The fourth-order valence-electron chi connectivity index (χ4n) is 2.18. The van der Waals surface area contributed by atoms with Crippen molar-refractivity contribution in [2.24, 2.45) is 0 Å². The molecule has 2 amide bonds. The van der Waals surface area contributed by atoms with Gasteiger partial charge in [0.15, 0.2) is 0 Å². The van der Waals surface area contributed by atoms with Gasteiger partial charge in [-0.05, 0) is 31.2 Å². The number of hydrogen-bond donors (Lipinski definition) is 2. The van der Waals surface area contributed by atoms with E-state index in [9.17, 15) is 32.9 Å². The molecule has 1 atom stereocenters. The Labute approximate surface area is 161 Å². The van der Waals surface area contributed by atoms with E-state index in [1.165, 1.54) is 31.2 Å². The summed E-state index contributed by atoms with van der Waals surface area (Å²) >= 11 is 5.51. The van der Waals surface area contributed by atoms with Crippen LogP contribution in [0.4, 0.5) is 24.5 Å². The summed E-state index contributed by atoms with van der Waals surface area (Å²) in [5, 5.41) is 14.8. The molecule has 0 saturated carbocycles. The average molecular weight is 416 g/mol. The van der Waals surface area contributed by atoms with Crippen molar-refractivity contribution in [2.75, 3.05) is 5.32 Å². The third kappa shape index (κ3) is 5.19. The molecular weight excluding hydrogens is 403 g/mol. The molecule has 2 N–H and O–H groups in total. The maximum Gasteiger partial charge on any atom is 0.417 e. The van der Waals surface area contributed by atoms with Gasteiger partial charge in [0, 0.05) is 23.4 Å². The number of benzene rings is 2. The van der Waals surface area contributed by atoms with Gasteiger partial charge in [0.2, 0.25) is 5.91 Å². The SMILES string of the molecule is CC(NC(=O)c1cccc([N+](=O)[O-])c1)C(=O)Nc1ccc(Cl)c(C(F)(F)F)c1. The first-order valence-electron chi connectivity index (χ1n) is 7.72. The molecule has 0 radical (unpaired) electrons. The van der Waals surface area contributed by atoms with Crippen molar-refractivity contribution >= 4 is 34.8 Å². The minimum Gasteiger partial charge on any atom is -0.341 e. The third-order valence-electron chi connectivity index (χ3n) is 3.60. The van der Waals surface area contributed by atoms with E-state index >= 15 is 0 Å². The van der Waals surface area contributed by atoms with Crippen molar-refractivity contribution < 1.29 is 27.7 Å². The van der Waals surface area contributed by atoms with Crippen molar-refractivity contribution in [2.45, 2.75) is 19.1 Å². The number of carbonyl (C=O) groups excluding carboxylic acids is 2. The highest BCUT2D eigenvalue weighted by molar-refractivity contribution is 6.31. The van der Waals surface area contributed by atoms with E-state index in [4.69, 9.17) is 11.6 Å². The molecule has 0 spiro atoms. The quantitative estimate of drug-likeness (QED) is 0.568. The van der Waals surface area contributed by atoms with Gasteiger partial charge < -0.3 is 10.6 Å². The first-order valence-corrected chi connectivity index (χ1v) is 8.09. The molecule has 11 heteroatoms. The van der Waals surface area contributed by atoms with E-state index in [0.717, 1.165) is 12.1 Å². The van der Waals surface area contributed by atoms with Crippen LogP contribution in [-0.4, -0.2) is 22.8 Å². The number of nitro benzene ring substituents is 1. The Hall–Kier alpha value is -3.14. The topological polar surface area (TPSA) is 101 Å². The van der Waals surface area contributed by atoms with E-state index in [1.807, 2.05) is 0 Å². The summed E-state index contributed by atoms with van der Waals surface area (Å²) in [4.78, 5) is 34.4. The number of nitrogens with one attached hydrogen (secondary N) is 2. The third-order valence-corrected chi connectivity index (χ3v) is 3.93. The normalized spacial score (nSPS) is 12.2. The number of alkyl halides is 3. The van der Waals surface area contributed by atoms with Crippen LogP contribution in [0, 0.1) is 10.1 Å². The molecule has 1 unspecified atom stereocenters. The Kier molecular flexibility index (Phi) is 6.24. The molecule has 0 aromatic heterocycles. The number of non-ortho nitro benzene ring substituents is 1. The predicted octanol–water partition coefficient (Wildman–Crippen LogP) is 4.02. The molecule has 148 valence electrons. The van der Waals surface area contributed by atoms with Crippen molar-refractivity contribution in [1.29, 1.82) is 0 Å². The maximum absolute atomic E-state index is 12.9. The van der Waals surface area contributed by atoms with Crippen molar-refractivity contribution in [3.63, 3.8) is 0 Å². The molecule has 0 heterocycles. The molecule has 2 aromatic rings. The van der Waals surface area contributed by atoms with Crippen LogP contribution in [0.15, 0.2) is 42.5 Å². The van der Waals surface area contributed by atoms with Gasteiger partial charge in [-0.1, -0.05) is 17.7 Å². The Morgan fingerprint density at radius 1 is 1.18 bits per heavy atom. The summed E-state index contributed by atoms with van der Waals surface area (Å²) in [7, 11) is 0. The van der Waals surface area contributed by atoms with E-state index in [-0.39, 0.29) is 16.9 Å². The van der Waals surface area contributed by atoms with Gasteiger partial charge in [-0.2, -0.15) is 13.2 Å². The summed E-state index contributed by atoms with van der Waals surface area (Å²) in [6.07, 6.45) is -4.69. The van der Waals surface area contributed by atoms with Crippen LogP contribution in [0.2, 0.25) is 5.02 Å². The predicted molar refractivity (Wildman–Crippen MR) is 95.1 cm³/mol. The number of rotatable bonds is 5. The van der Waals surface area contributed by atoms with Crippen LogP contribution < -0.4 is 10.6 Å². The Bertz CT molecular complexity index is 934. The molecule has 0 fully saturated rings. The second-order valence-corrected chi connectivity index (χ2v) is 6.09. The maximum atomic E-state index is 12.9. The average Bonchev–Trinajstić information content (AvgIpc) is 2.62. The van der Waals surface area contributed by atoms with Gasteiger partial charge >= 0.3 is 6.18 Å². The molecule has 0 aliphatic carbocycles. The Balaban J connectivity index is 2.08. The smallest absolute Gasteiger partial charge is 0.341 e. The number of carbonyl (C=O) groups is 2. The van der Waals surface area contributed by atoms with Gasteiger partial charge in [0.25, 0.3) is 11.6 Å². The van der Waals surface area contributed by atoms with Crippen LogP contribution in [0.3, 0.4) is 0 Å². The van der Waals surface area contributed by atoms with Gasteiger partial charge in [-0.15, -0.1) is 0 Å². The minimum atomic E-state index is -4.69. The molecule has 0 aliphatic rings. The van der Waals surface area contributed by atoms with Crippen LogP contribution in [0.5, 0.6) is 0 Å². The number of anilines is 1. The fourth-order valence-corrected chi connectivity index (χ4v) is 2.40. The number of nitrogens with zero attached hydrogens (tertiary/aromatic N) is 1. The zero-order chi connectivity index (χ0) is 21.1. The lowest BCUT2D eigenvalue weighted by Gasteiger charge is -2.16. The molecular formula is C17H13ClF3N3O4. The number of hydrogen-bond acceptors (Lipinski definition) is 4. The highest BCUT2D eigenvalue weighted by Gasteiger charge is 2.33. The van der Waals surface area contributed by atoms with Crippen molar-refractivity contribution in [3.8, 4) is 0 Å². The Morgan fingerprint density at radius 3 is 2.46 bits per heavy atom. The molecule has 2 aromatic carbocycles.